The van der Waals surface area contributed by atoms with E-state index in [9.17, 15) is 0 Å². The van der Waals surface area contributed by atoms with E-state index in [0.717, 1.165) is 23.9 Å². The summed E-state index contributed by atoms with van der Waals surface area (Å²) in [6.45, 7) is 7.33. The molecule has 1 aliphatic carbocycles. The summed E-state index contributed by atoms with van der Waals surface area (Å²) in [5.74, 6) is 1.85. The first-order valence-corrected chi connectivity index (χ1v) is 7.10. The van der Waals surface area contributed by atoms with Crippen molar-refractivity contribution in [1.29, 1.82) is 0 Å². The molecule has 1 saturated carbocycles. The summed E-state index contributed by atoms with van der Waals surface area (Å²) in [4.78, 5) is 2.62. The van der Waals surface area contributed by atoms with Gasteiger partial charge in [-0.15, -0.1) is 0 Å². The van der Waals surface area contributed by atoms with Gasteiger partial charge < -0.3 is 10.2 Å². The maximum absolute atomic E-state index is 3.60. The summed E-state index contributed by atoms with van der Waals surface area (Å²) >= 11 is 0. The third kappa shape index (κ3) is 2.98. The van der Waals surface area contributed by atoms with Crippen molar-refractivity contribution < 1.29 is 0 Å². The molecule has 1 heterocycles. The van der Waals surface area contributed by atoms with E-state index in [1.54, 1.807) is 0 Å². The molecule has 0 bridgehead atoms. The minimum atomic E-state index is 0.764. The number of hydrogen-bond acceptors (Lipinski definition) is 2. The summed E-state index contributed by atoms with van der Waals surface area (Å²) in [7, 11) is 2.33. The van der Waals surface area contributed by atoms with Crippen LogP contribution in [0.25, 0.3) is 0 Å². The van der Waals surface area contributed by atoms with Crippen molar-refractivity contribution in [3.63, 3.8) is 0 Å². The number of likely N-dealkylation sites (N-methyl/N-ethyl adjacent to an activating group) is 1. The van der Waals surface area contributed by atoms with Gasteiger partial charge in [-0.2, -0.15) is 0 Å². The second-order valence-corrected chi connectivity index (χ2v) is 6.15. The van der Waals surface area contributed by atoms with Crippen LogP contribution in [0.1, 0.15) is 46.0 Å². The lowest BCUT2D eigenvalue weighted by Gasteiger charge is -2.38. The van der Waals surface area contributed by atoms with E-state index in [2.05, 4.69) is 31.1 Å². The van der Waals surface area contributed by atoms with Crippen LogP contribution < -0.4 is 5.32 Å². The smallest absolute Gasteiger partial charge is 0.0195 e. The Kier molecular flexibility index (Phi) is 4.26. The minimum absolute atomic E-state index is 0.764. The number of hydrogen-bond donors (Lipinski definition) is 1. The maximum atomic E-state index is 3.60. The van der Waals surface area contributed by atoms with Crippen molar-refractivity contribution in [2.75, 3.05) is 20.1 Å². The molecule has 2 heteroatoms. The Morgan fingerprint density at radius 2 is 1.94 bits per heavy atom. The molecule has 4 atom stereocenters. The highest BCUT2D eigenvalue weighted by atomic mass is 15.2. The van der Waals surface area contributed by atoms with Crippen LogP contribution in [0.15, 0.2) is 0 Å². The van der Waals surface area contributed by atoms with Crippen molar-refractivity contribution in [2.45, 2.75) is 58.0 Å². The van der Waals surface area contributed by atoms with E-state index in [4.69, 9.17) is 0 Å². The maximum Gasteiger partial charge on any atom is 0.0195 e. The summed E-state index contributed by atoms with van der Waals surface area (Å²) in [6.07, 6.45) is 6.99. The Hall–Kier alpha value is -0.0800. The fourth-order valence-electron chi connectivity index (χ4n) is 3.33. The molecular weight excluding hydrogens is 196 g/mol. The zero-order valence-electron chi connectivity index (χ0n) is 11.2. The van der Waals surface area contributed by atoms with Gasteiger partial charge >= 0.3 is 0 Å². The molecule has 0 aromatic rings. The molecular formula is C14H28N2. The van der Waals surface area contributed by atoms with Crippen LogP contribution in [-0.2, 0) is 0 Å². The molecule has 2 aliphatic rings. The Morgan fingerprint density at radius 3 is 2.56 bits per heavy atom. The van der Waals surface area contributed by atoms with Crippen molar-refractivity contribution in [2.24, 2.45) is 11.8 Å². The van der Waals surface area contributed by atoms with Gasteiger partial charge in [0.2, 0.25) is 0 Å². The van der Waals surface area contributed by atoms with Crippen LogP contribution in [-0.4, -0.2) is 37.1 Å². The molecule has 2 rings (SSSR count). The Bertz CT molecular complexity index is 211. The van der Waals surface area contributed by atoms with Gasteiger partial charge in [0.05, 0.1) is 0 Å². The van der Waals surface area contributed by atoms with Crippen LogP contribution in [0.2, 0.25) is 0 Å². The molecule has 0 spiro atoms. The van der Waals surface area contributed by atoms with Gasteiger partial charge in [0.25, 0.3) is 0 Å². The van der Waals surface area contributed by atoms with Crippen molar-refractivity contribution in [3.05, 3.63) is 0 Å². The quantitative estimate of drug-likeness (QED) is 0.792. The van der Waals surface area contributed by atoms with E-state index in [0.29, 0.717) is 0 Å². The first kappa shape index (κ1) is 12.4. The average molecular weight is 224 g/mol. The van der Waals surface area contributed by atoms with Gasteiger partial charge in [0.1, 0.15) is 0 Å². The lowest BCUT2D eigenvalue weighted by Crippen LogP contribution is -2.43. The number of nitrogens with one attached hydrogen (secondary N) is 1. The fraction of sp³-hybridized carbons (Fsp3) is 1.00. The second-order valence-electron chi connectivity index (χ2n) is 6.15. The third-order valence-electron chi connectivity index (χ3n) is 4.86. The largest absolute Gasteiger partial charge is 0.313 e. The summed E-state index contributed by atoms with van der Waals surface area (Å²) in [6, 6.07) is 1.60. The normalized spacial score (nSPS) is 40.5. The summed E-state index contributed by atoms with van der Waals surface area (Å²) < 4.78 is 0. The van der Waals surface area contributed by atoms with E-state index >= 15 is 0 Å². The molecule has 1 saturated heterocycles. The van der Waals surface area contributed by atoms with Gasteiger partial charge in [-0.25, -0.2) is 0 Å². The highest BCUT2D eigenvalue weighted by Crippen LogP contribution is 2.31. The fourth-order valence-corrected chi connectivity index (χ4v) is 3.33. The van der Waals surface area contributed by atoms with Crippen LogP contribution in [0, 0.1) is 11.8 Å². The SMILES string of the molecule is CC1CCC(N(C)CC2CCCN2)CC1C. The summed E-state index contributed by atoms with van der Waals surface area (Å²) in [5.41, 5.74) is 0. The van der Waals surface area contributed by atoms with Crippen LogP contribution >= 0.6 is 0 Å². The van der Waals surface area contributed by atoms with Gasteiger partial charge in [-0.1, -0.05) is 13.8 Å². The lowest BCUT2D eigenvalue weighted by atomic mass is 9.78. The molecule has 1 aliphatic heterocycles. The van der Waals surface area contributed by atoms with Gasteiger partial charge in [0, 0.05) is 18.6 Å². The van der Waals surface area contributed by atoms with Crippen molar-refractivity contribution >= 4 is 0 Å². The molecule has 0 aromatic carbocycles. The third-order valence-corrected chi connectivity index (χ3v) is 4.86. The molecule has 94 valence electrons. The molecule has 2 fully saturated rings. The predicted octanol–water partition coefficient (Wildman–Crippen LogP) is 2.49. The molecule has 16 heavy (non-hydrogen) atoms. The topological polar surface area (TPSA) is 15.3 Å². The molecule has 0 radical (unpaired) electrons. The first-order chi connectivity index (χ1) is 7.66. The van der Waals surface area contributed by atoms with Crippen LogP contribution in [0.4, 0.5) is 0 Å². The van der Waals surface area contributed by atoms with Crippen molar-refractivity contribution in [3.8, 4) is 0 Å². The zero-order chi connectivity index (χ0) is 11.5. The van der Waals surface area contributed by atoms with E-state index < -0.39 is 0 Å². The standard InChI is InChI=1S/C14H28N2/c1-11-6-7-14(9-12(11)2)16(3)10-13-5-4-8-15-13/h11-15H,4-10H2,1-3H3. The highest BCUT2D eigenvalue weighted by Gasteiger charge is 2.28. The highest BCUT2D eigenvalue weighted by molar-refractivity contribution is 4.84. The van der Waals surface area contributed by atoms with Gasteiger partial charge in [0.15, 0.2) is 0 Å². The molecule has 0 amide bonds. The van der Waals surface area contributed by atoms with Crippen LogP contribution in [0.3, 0.4) is 0 Å². The van der Waals surface area contributed by atoms with E-state index in [-0.39, 0.29) is 0 Å². The Morgan fingerprint density at radius 1 is 1.12 bits per heavy atom. The van der Waals surface area contributed by atoms with Gasteiger partial charge in [-0.05, 0) is 57.5 Å². The number of rotatable bonds is 3. The van der Waals surface area contributed by atoms with Crippen LogP contribution in [0.5, 0.6) is 0 Å². The van der Waals surface area contributed by atoms with Gasteiger partial charge in [-0.3, -0.25) is 0 Å². The van der Waals surface area contributed by atoms with E-state index in [1.165, 1.54) is 45.2 Å². The Balaban J connectivity index is 1.78. The molecule has 1 N–H and O–H groups in total. The lowest BCUT2D eigenvalue weighted by molar-refractivity contribution is 0.124. The molecule has 4 unspecified atom stereocenters. The molecule has 0 aromatic heterocycles. The summed E-state index contributed by atoms with van der Waals surface area (Å²) in [5, 5.41) is 3.60. The Labute approximate surface area is 101 Å². The minimum Gasteiger partial charge on any atom is -0.313 e. The monoisotopic (exact) mass is 224 g/mol. The average Bonchev–Trinajstić information content (AvgIpc) is 2.74. The number of nitrogens with zero attached hydrogens (tertiary/aromatic N) is 1. The zero-order valence-corrected chi connectivity index (χ0v) is 11.2. The predicted molar refractivity (Wildman–Crippen MR) is 69.6 cm³/mol. The molecule has 2 nitrogen and oxygen atoms in total. The second kappa shape index (κ2) is 5.50. The van der Waals surface area contributed by atoms with Crippen molar-refractivity contribution in [1.82, 2.24) is 10.2 Å². The van der Waals surface area contributed by atoms with E-state index in [1.807, 2.05) is 0 Å². The first-order valence-electron chi connectivity index (χ1n) is 7.10.